The van der Waals surface area contributed by atoms with Gasteiger partial charge in [0.05, 0.1) is 21.7 Å². The van der Waals surface area contributed by atoms with Crippen LogP contribution in [0.4, 0.5) is 5.13 Å². The van der Waals surface area contributed by atoms with E-state index in [0.29, 0.717) is 36.9 Å². The van der Waals surface area contributed by atoms with E-state index in [4.69, 9.17) is 4.98 Å². The van der Waals surface area contributed by atoms with Crippen LogP contribution in [0, 0.1) is 13.8 Å². The Morgan fingerprint density at radius 1 is 1.00 bits per heavy atom. The molecule has 0 saturated carbocycles. The van der Waals surface area contributed by atoms with Crippen LogP contribution in [0.3, 0.4) is 0 Å². The SMILES string of the molecule is CCCCN(CCCC)S(=O)(=O)c1ccc(C(=O)N(CCn2cccn2)c2nc3c(C)cc(C)cc3s2)cc1. The van der Waals surface area contributed by atoms with E-state index in [1.807, 2.05) is 26.1 Å². The molecule has 8 nitrogen and oxygen atoms in total. The zero-order chi connectivity index (χ0) is 28.0. The number of nitrogens with zero attached hydrogens (tertiary/aromatic N) is 5. The summed E-state index contributed by atoms with van der Waals surface area (Å²) in [7, 11) is -3.64. The summed E-state index contributed by atoms with van der Waals surface area (Å²) in [5, 5.41) is 4.88. The van der Waals surface area contributed by atoms with Crippen molar-refractivity contribution in [2.75, 3.05) is 24.5 Å². The monoisotopic (exact) mass is 567 g/mol. The topological polar surface area (TPSA) is 88.4 Å². The molecule has 0 aliphatic rings. The van der Waals surface area contributed by atoms with E-state index in [0.717, 1.165) is 47.0 Å². The highest BCUT2D eigenvalue weighted by Crippen LogP contribution is 2.32. The number of sulfonamides is 1. The first kappa shape index (κ1) is 28.9. The first-order chi connectivity index (χ1) is 18.7. The van der Waals surface area contributed by atoms with Gasteiger partial charge in [0.15, 0.2) is 5.13 Å². The van der Waals surface area contributed by atoms with Gasteiger partial charge in [0.25, 0.3) is 5.91 Å². The van der Waals surface area contributed by atoms with E-state index in [9.17, 15) is 13.2 Å². The standard InChI is InChI=1S/C29H37N5O3S2/c1-5-7-16-33(17-8-6-2)39(36,37)25-12-10-24(11-13-25)28(35)34(19-18-32-15-9-14-30-32)29-31-27-23(4)20-22(3)21-26(27)38-29/h9-15,20-21H,5-8,16-19H2,1-4H3. The summed E-state index contributed by atoms with van der Waals surface area (Å²) in [5.74, 6) is -0.228. The number of aromatic nitrogens is 3. The average Bonchev–Trinajstić information content (AvgIpc) is 3.59. The third-order valence-electron chi connectivity index (χ3n) is 6.67. The molecule has 0 atom stereocenters. The van der Waals surface area contributed by atoms with Crippen molar-refractivity contribution in [3.05, 3.63) is 71.5 Å². The Labute approximate surface area is 235 Å². The molecule has 2 aromatic carbocycles. The Kier molecular flexibility index (Phi) is 9.53. The van der Waals surface area contributed by atoms with E-state index < -0.39 is 10.0 Å². The number of hydrogen-bond donors (Lipinski definition) is 0. The molecular weight excluding hydrogens is 530 g/mol. The lowest BCUT2D eigenvalue weighted by molar-refractivity contribution is 0.0985. The summed E-state index contributed by atoms with van der Waals surface area (Å²) in [6.07, 6.45) is 7.03. The zero-order valence-electron chi connectivity index (χ0n) is 23.1. The van der Waals surface area contributed by atoms with Crippen LogP contribution < -0.4 is 4.90 Å². The van der Waals surface area contributed by atoms with Gasteiger partial charge in [-0.05, 0) is 74.2 Å². The van der Waals surface area contributed by atoms with Crippen LogP contribution >= 0.6 is 11.3 Å². The van der Waals surface area contributed by atoms with E-state index in [1.54, 1.807) is 44.3 Å². The van der Waals surface area contributed by atoms with Crippen LogP contribution in [0.5, 0.6) is 0 Å². The molecule has 0 spiro atoms. The molecule has 0 aliphatic heterocycles. The van der Waals surface area contributed by atoms with E-state index in [1.165, 1.54) is 11.3 Å². The van der Waals surface area contributed by atoms with Crippen LogP contribution in [0.2, 0.25) is 0 Å². The Hall–Kier alpha value is -3.08. The van der Waals surface area contributed by atoms with E-state index >= 15 is 0 Å². The largest absolute Gasteiger partial charge is 0.282 e. The summed E-state index contributed by atoms with van der Waals surface area (Å²) in [5.41, 5.74) is 3.51. The number of anilines is 1. The molecule has 2 heterocycles. The first-order valence-electron chi connectivity index (χ1n) is 13.5. The van der Waals surface area contributed by atoms with Gasteiger partial charge in [-0.15, -0.1) is 0 Å². The number of benzene rings is 2. The second-order valence-electron chi connectivity index (χ2n) is 9.79. The van der Waals surface area contributed by atoms with Crippen LogP contribution in [0.25, 0.3) is 10.2 Å². The highest BCUT2D eigenvalue weighted by molar-refractivity contribution is 7.89. The molecule has 0 saturated heterocycles. The van der Waals surface area contributed by atoms with Crippen molar-refractivity contribution in [1.82, 2.24) is 19.1 Å². The quantitative estimate of drug-likeness (QED) is 0.196. The van der Waals surface area contributed by atoms with Crippen molar-refractivity contribution >= 4 is 42.6 Å². The molecule has 0 bridgehead atoms. The molecule has 0 N–H and O–H groups in total. The molecule has 0 unspecified atom stereocenters. The third-order valence-corrected chi connectivity index (χ3v) is 9.61. The number of hydrogen-bond acceptors (Lipinski definition) is 6. The second-order valence-corrected chi connectivity index (χ2v) is 12.7. The molecule has 4 aromatic rings. The summed E-state index contributed by atoms with van der Waals surface area (Å²) >= 11 is 1.48. The minimum Gasteiger partial charge on any atom is -0.282 e. The van der Waals surface area contributed by atoms with Crippen LogP contribution in [-0.4, -0.2) is 53.0 Å². The van der Waals surface area contributed by atoms with Gasteiger partial charge in [-0.2, -0.15) is 9.40 Å². The van der Waals surface area contributed by atoms with E-state index in [2.05, 4.69) is 31.1 Å². The lowest BCUT2D eigenvalue weighted by atomic mass is 10.1. The fraction of sp³-hybridized carbons (Fsp3) is 0.414. The molecule has 10 heteroatoms. The maximum absolute atomic E-state index is 13.8. The average molecular weight is 568 g/mol. The van der Waals surface area contributed by atoms with Crippen LogP contribution in [0.1, 0.15) is 61.0 Å². The molecule has 208 valence electrons. The Bertz CT molecular complexity index is 1490. The summed E-state index contributed by atoms with van der Waals surface area (Å²) in [4.78, 5) is 20.5. The fourth-order valence-electron chi connectivity index (χ4n) is 4.49. The molecular formula is C29H37N5O3S2. The zero-order valence-corrected chi connectivity index (χ0v) is 24.8. The number of rotatable bonds is 13. The lowest BCUT2D eigenvalue weighted by Gasteiger charge is -2.22. The van der Waals surface area contributed by atoms with Gasteiger partial charge < -0.3 is 0 Å². The third kappa shape index (κ3) is 6.74. The molecule has 2 aromatic heterocycles. The molecule has 0 aliphatic carbocycles. The number of carbonyl (C=O) groups excluding carboxylic acids is 1. The van der Waals surface area contributed by atoms with Gasteiger partial charge in [-0.3, -0.25) is 14.4 Å². The summed E-state index contributed by atoms with van der Waals surface area (Å²) in [6.45, 7) is 10.1. The van der Waals surface area contributed by atoms with Crippen LogP contribution in [0.15, 0.2) is 59.8 Å². The van der Waals surface area contributed by atoms with Crippen molar-refractivity contribution in [3.63, 3.8) is 0 Å². The van der Waals surface area contributed by atoms with Gasteiger partial charge >= 0.3 is 0 Å². The van der Waals surface area contributed by atoms with Gasteiger partial charge in [-0.1, -0.05) is 44.1 Å². The van der Waals surface area contributed by atoms with Gasteiger partial charge in [0.1, 0.15) is 0 Å². The van der Waals surface area contributed by atoms with Crippen molar-refractivity contribution < 1.29 is 13.2 Å². The normalized spacial score (nSPS) is 11.9. The van der Waals surface area contributed by atoms with Gasteiger partial charge in [0, 0.05) is 37.6 Å². The first-order valence-corrected chi connectivity index (χ1v) is 15.8. The fourth-order valence-corrected chi connectivity index (χ4v) is 7.17. The van der Waals surface area contributed by atoms with Crippen molar-refractivity contribution in [2.24, 2.45) is 0 Å². The van der Waals surface area contributed by atoms with Crippen molar-refractivity contribution in [2.45, 2.75) is 64.8 Å². The number of carbonyl (C=O) groups is 1. The number of fused-ring (bicyclic) bond motifs is 1. The predicted molar refractivity (Wildman–Crippen MR) is 158 cm³/mol. The minimum atomic E-state index is -3.64. The maximum atomic E-state index is 13.8. The highest BCUT2D eigenvalue weighted by atomic mass is 32.2. The van der Waals surface area contributed by atoms with Gasteiger partial charge in [0.2, 0.25) is 10.0 Å². The van der Waals surface area contributed by atoms with E-state index in [-0.39, 0.29) is 10.8 Å². The number of amides is 1. The Balaban J connectivity index is 1.63. The summed E-state index contributed by atoms with van der Waals surface area (Å²) in [6, 6.07) is 12.3. The lowest BCUT2D eigenvalue weighted by Crippen LogP contribution is -2.34. The minimum absolute atomic E-state index is 0.209. The van der Waals surface area contributed by atoms with Crippen molar-refractivity contribution in [1.29, 1.82) is 0 Å². The van der Waals surface area contributed by atoms with Gasteiger partial charge in [-0.25, -0.2) is 13.4 Å². The van der Waals surface area contributed by atoms with Crippen molar-refractivity contribution in [3.8, 4) is 0 Å². The maximum Gasteiger partial charge on any atom is 0.260 e. The molecule has 4 rings (SSSR count). The molecule has 39 heavy (non-hydrogen) atoms. The molecule has 1 amide bonds. The number of unbranched alkanes of at least 4 members (excludes halogenated alkanes) is 2. The van der Waals surface area contributed by atoms with Crippen LogP contribution in [-0.2, 0) is 16.6 Å². The Morgan fingerprint density at radius 2 is 1.69 bits per heavy atom. The number of thiazole rings is 1. The summed E-state index contributed by atoms with van der Waals surface area (Å²) < 4.78 is 31.1. The predicted octanol–water partition coefficient (Wildman–Crippen LogP) is 6.05. The molecule has 0 fully saturated rings. The Morgan fingerprint density at radius 3 is 2.31 bits per heavy atom. The second kappa shape index (κ2) is 12.8. The smallest absolute Gasteiger partial charge is 0.260 e. The highest BCUT2D eigenvalue weighted by Gasteiger charge is 2.26. The number of aryl methyl sites for hydroxylation is 2. The molecule has 0 radical (unpaired) electrons.